The van der Waals surface area contributed by atoms with E-state index in [-0.39, 0.29) is 11.0 Å². The van der Waals surface area contributed by atoms with Crippen LogP contribution >= 0.6 is 0 Å². The average Bonchev–Trinajstić information content (AvgIpc) is 2.76. The minimum Gasteiger partial charge on any atom is -0.378 e. The maximum Gasteiger partial charge on any atom is 0.0731 e. The Labute approximate surface area is 98.9 Å². The summed E-state index contributed by atoms with van der Waals surface area (Å²) < 4.78 is 11.2. The average molecular weight is 227 g/mol. The monoisotopic (exact) mass is 227 g/mol. The zero-order valence-corrected chi connectivity index (χ0v) is 11.0. The van der Waals surface area contributed by atoms with Crippen molar-refractivity contribution in [3.8, 4) is 0 Å². The molecule has 2 fully saturated rings. The summed E-state index contributed by atoms with van der Waals surface area (Å²) >= 11 is 0. The fourth-order valence-electron chi connectivity index (χ4n) is 2.90. The van der Waals surface area contributed by atoms with Gasteiger partial charge in [0.1, 0.15) is 0 Å². The third kappa shape index (κ3) is 1.89. The molecule has 0 radical (unpaired) electrons. The van der Waals surface area contributed by atoms with Crippen LogP contribution in [0.5, 0.6) is 0 Å². The molecule has 1 saturated heterocycles. The van der Waals surface area contributed by atoms with E-state index in [9.17, 15) is 0 Å². The lowest BCUT2D eigenvalue weighted by Gasteiger charge is -2.59. The predicted octanol–water partition coefficient (Wildman–Crippen LogP) is 1.96. The number of hydrogen-bond donors (Lipinski definition) is 1. The zero-order valence-electron chi connectivity index (χ0n) is 11.0. The van der Waals surface area contributed by atoms with Crippen LogP contribution in [0.4, 0.5) is 0 Å². The van der Waals surface area contributed by atoms with E-state index < -0.39 is 0 Å². The third-order valence-electron chi connectivity index (χ3n) is 4.89. The van der Waals surface area contributed by atoms with E-state index in [4.69, 9.17) is 9.47 Å². The molecule has 3 heteroatoms. The molecule has 2 aliphatic rings. The van der Waals surface area contributed by atoms with Gasteiger partial charge in [-0.25, -0.2) is 0 Å². The van der Waals surface area contributed by atoms with Gasteiger partial charge >= 0.3 is 0 Å². The van der Waals surface area contributed by atoms with Crippen LogP contribution in [0.25, 0.3) is 0 Å². The van der Waals surface area contributed by atoms with Crippen molar-refractivity contribution < 1.29 is 9.47 Å². The lowest BCUT2D eigenvalue weighted by Crippen LogP contribution is -2.68. The minimum absolute atomic E-state index is 0.0290. The summed E-state index contributed by atoms with van der Waals surface area (Å²) in [6, 6.07) is 0.557. The second kappa shape index (κ2) is 4.28. The van der Waals surface area contributed by atoms with Crippen molar-refractivity contribution in [1.82, 2.24) is 5.32 Å². The van der Waals surface area contributed by atoms with E-state index in [1.807, 2.05) is 7.11 Å². The fraction of sp³-hybridized carbons (Fsp3) is 1.00. The van der Waals surface area contributed by atoms with Crippen LogP contribution in [0.15, 0.2) is 0 Å². The first kappa shape index (κ1) is 12.3. The highest BCUT2D eigenvalue weighted by molar-refractivity contribution is 5.11. The van der Waals surface area contributed by atoms with Gasteiger partial charge in [0.15, 0.2) is 0 Å². The smallest absolute Gasteiger partial charge is 0.0731 e. The lowest BCUT2D eigenvalue weighted by atomic mass is 9.56. The SMILES string of the molecule is COC1(C)CC(NCC2CCCO2)C1(C)C. The molecule has 1 N–H and O–H groups in total. The summed E-state index contributed by atoms with van der Waals surface area (Å²) in [5, 5.41) is 3.64. The third-order valence-corrected chi connectivity index (χ3v) is 4.89. The molecule has 0 spiro atoms. The van der Waals surface area contributed by atoms with Crippen molar-refractivity contribution in [1.29, 1.82) is 0 Å². The van der Waals surface area contributed by atoms with Gasteiger partial charge in [0.25, 0.3) is 0 Å². The van der Waals surface area contributed by atoms with Gasteiger partial charge in [-0.2, -0.15) is 0 Å². The molecule has 1 aliphatic heterocycles. The Hall–Kier alpha value is -0.120. The summed E-state index contributed by atoms with van der Waals surface area (Å²) in [5.74, 6) is 0. The van der Waals surface area contributed by atoms with Crippen LogP contribution in [0, 0.1) is 5.41 Å². The highest BCUT2D eigenvalue weighted by Gasteiger charge is 2.57. The Morgan fingerprint density at radius 2 is 2.12 bits per heavy atom. The van der Waals surface area contributed by atoms with Crippen LogP contribution in [0.3, 0.4) is 0 Å². The molecule has 0 aromatic carbocycles. The molecule has 0 bridgehead atoms. The van der Waals surface area contributed by atoms with E-state index in [0.29, 0.717) is 12.1 Å². The minimum atomic E-state index is 0.0290. The number of nitrogens with one attached hydrogen (secondary N) is 1. The van der Waals surface area contributed by atoms with Crippen LogP contribution in [-0.4, -0.2) is 38.0 Å². The van der Waals surface area contributed by atoms with Crippen molar-refractivity contribution in [2.45, 2.75) is 57.8 Å². The Morgan fingerprint density at radius 3 is 2.62 bits per heavy atom. The first-order valence-electron chi connectivity index (χ1n) is 6.40. The molecular formula is C13H25NO2. The van der Waals surface area contributed by atoms with Crippen molar-refractivity contribution in [2.24, 2.45) is 5.41 Å². The van der Waals surface area contributed by atoms with Crippen LogP contribution in [-0.2, 0) is 9.47 Å². The van der Waals surface area contributed by atoms with Crippen molar-refractivity contribution in [3.05, 3.63) is 0 Å². The molecule has 2 rings (SSSR count). The highest BCUT2D eigenvalue weighted by Crippen LogP contribution is 2.51. The molecule has 3 unspecified atom stereocenters. The van der Waals surface area contributed by atoms with E-state index in [2.05, 4.69) is 26.1 Å². The van der Waals surface area contributed by atoms with Crippen LogP contribution in [0.1, 0.15) is 40.0 Å². The number of methoxy groups -OCH3 is 1. The Morgan fingerprint density at radius 1 is 1.38 bits per heavy atom. The van der Waals surface area contributed by atoms with E-state index in [1.165, 1.54) is 12.8 Å². The summed E-state index contributed by atoms with van der Waals surface area (Å²) in [6.45, 7) is 8.71. The predicted molar refractivity (Wildman–Crippen MR) is 64.6 cm³/mol. The first-order valence-corrected chi connectivity index (χ1v) is 6.40. The molecule has 1 heterocycles. The second-order valence-corrected chi connectivity index (χ2v) is 5.96. The quantitative estimate of drug-likeness (QED) is 0.796. The van der Waals surface area contributed by atoms with Gasteiger partial charge in [-0.3, -0.25) is 0 Å². The molecule has 3 nitrogen and oxygen atoms in total. The lowest BCUT2D eigenvalue weighted by molar-refractivity contribution is -0.181. The van der Waals surface area contributed by atoms with Gasteiger partial charge < -0.3 is 14.8 Å². The van der Waals surface area contributed by atoms with Crippen molar-refractivity contribution >= 4 is 0 Å². The maximum atomic E-state index is 5.62. The van der Waals surface area contributed by atoms with Gasteiger partial charge in [-0.1, -0.05) is 13.8 Å². The summed E-state index contributed by atoms with van der Waals surface area (Å²) in [6.07, 6.45) is 3.96. The summed E-state index contributed by atoms with van der Waals surface area (Å²) in [4.78, 5) is 0. The van der Waals surface area contributed by atoms with Crippen LogP contribution < -0.4 is 5.32 Å². The number of rotatable bonds is 4. The molecule has 0 aromatic rings. The van der Waals surface area contributed by atoms with Crippen molar-refractivity contribution in [3.63, 3.8) is 0 Å². The standard InChI is InChI=1S/C13H25NO2/c1-12(2)11(8-13(12,3)15-4)14-9-10-6-5-7-16-10/h10-11,14H,5-9H2,1-4H3. The normalized spacial score (nSPS) is 42.0. The fourth-order valence-corrected chi connectivity index (χ4v) is 2.90. The number of ether oxygens (including phenoxy) is 2. The molecule has 3 atom stereocenters. The molecule has 1 saturated carbocycles. The maximum absolute atomic E-state index is 5.62. The van der Waals surface area contributed by atoms with E-state index >= 15 is 0 Å². The van der Waals surface area contributed by atoms with Gasteiger partial charge in [0.2, 0.25) is 0 Å². The summed E-state index contributed by atoms with van der Waals surface area (Å²) in [7, 11) is 1.82. The second-order valence-electron chi connectivity index (χ2n) is 5.96. The Bertz CT molecular complexity index is 248. The summed E-state index contributed by atoms with van der Waals surface area (Å²) in [5.41, 5.74) is 0.238. The van der Waals surface area contributed by atoms with Gasteiger partial charge in [0.05, 0.1) is 11.7 Å². The van der Waals surface area contributed by atoms with Gasteiger partial charge in [0, 0.05) is 31.7 Å². The molecule has 1 aliphatic carbocycles. The largest absolute Gasteiger partial charge is 0.378 e. The molecule has 0 amide bonds. The van der Waals surface area contributed by atoms with E-state index in [1.54, 1.807) is 0 Å². The Balaban J connectivity index is 1.80. The zero-order chi connectivity index (χ0) is 11.8. The molecule has 94 valence electrons. The number of hydrogen-bond acceptors (Lipinski definition) is 3. The highest BCUT2D eigenvalue weighted by atomic mass is 16.5. The van der Waals surface area contributed by atoms with Gasteiger partial charge in [-0.15, -0.1) is 0 Å². The first-order chi connectivity index (χ1) is 7.49. The van der Waals surface area contributed by atoms with Crippen molar-refractivity contribution in [2.75, 3.05) is 20.3 Å². The molecule has 0 aromatic heterocycles. The Kier molecular flexibility index (Phi) is 3.30. The molecule has 16 heavy (non-hydrogen) atoms. The van der Waals surface area contributed by atoms with Crippen LogP contribution in [0.2, 0.25) is 0 Å². The van der Waals surface area contributed by atoms with Gasteiger partial charge in [-0.05, 0) is 26.2 Å². The molecular weight excluding hydrogens is 202 g/mol. The van der Waals surface area contributed by atoms with E-state index in [0.717, 1.165) is 19.6 Å². The topological polar surface area (TPSA) is 30.5 Å².